The Balaban J connectivity index is 1.38. The normalized spacial score (nSPS) is 47.3. The van der Waals surface area contributed by atoms with Crippen LogP contribution < -0.4 is 0 Å². The highest BCUT2D eigenvalue weighted by Gasteiger charge is 2.34. The van der Waals surface area contributed by atoms with Gasteiger partial charge >= 0.3 is 0 Å². The van der Waals surface area contributed by atoms with Gasteiger partial charge in [0, 0.05) is 0 Å². The Hall–Kier alpha value is -0.140. The van der Waals surface area contributed by atoms with Crippen LogP contribution in [0, 0.1) is 29.6 Å². The van der Waals surface area contributed by atoms with Crippen LogP contribution in [0.4, 0.5) is 8.78 Å². The first kappa shape index (κ1) is 16.7. The summed E-state index contributed by atoms with van der Waals surface area (Å²) in [6.07, 6.45) is 12.0. The summed E-state index contributed by atoms with van der Waals surface area (Å²) in [7, 11) is 0. The first-order valence-electron chi connectivity index (χ1n) is 9.90. The molecule has 0 aliphatic heterocycles. The van der Waals surface area contributed by atoms with Crippen molar-refractivity contribution in [2.24, 2.45) is 29.6 Å². The lowest BCUT2D eigenvalue weighted by Gasteiger charge is -2.38. The average Bonchev–Trinajstić information content (AvgIpc) is 2.53. The molecule has 0 saturated heterocycles. The lowest BCUT2D eigenvalue weighted by molar-refractivity contribution is 0.0726. The van der Waals surface area contributed by atoms with Crippen LogP contribution in [-0.2, 0) is 0 Å². The molecule has 0 radical (unpaired) electrons. The van der Waals surface area contributed by atoms with Gasteiger partial charge in [0.05, 0.1) is 0 Å². The quantitative estimate of drug-likeness (QED) is 0.559. The minimum atomic E-state index is -1.18. The molecule has 0 nitrogen and oxygen atoms in total. The van der Waals surface area contributed by atoms with Crippen LogP contribution in [0.15, 0.2) is 0 Å². The van der Waals surface area contributed by atoms with E-state index in [1.807, 2.05) is 0 Å². The second-order valence-corrected chi connectivity index (χ2v) is 8.75. The smallest absolute Gasteiger partial charge is 0.131 e. The molecule has 0 spiro atoms. The zero-order valence-electron chi connectivity index (χ0n) is 14.3. The Kier molecular flexibility index (Phi) is 5.79. The zero-order chi connectivity index (χ0) is 15.5. The fraction of sp³-hybridized carbons (Fsp3) is 1.00. The van der Waals surface area contributed by atoms with Gasteiger partial charge in [0.1, 0.15) is 12.3 Å². The molecule has 0 aromatic heterocycles. The molecular formula is C20H34F2. The van der Waals surface area contributed by atoms with Gasteiger partial charge in [-0.05, 0) is 81.0 Å². The average molecular weight is 312 g/mol. The maximum Gasteiger partial charge on any atom is 0.131 e. The van der Waals surface area contributed by atoms with Crippen molar-refractivity contribution < 1.29 is 8.78 Å². The molecule has 0 heterocycles. The maximum atomic E-state index is 13.5. The summed E-state index contributed by atoms with van der Waals surface area (Å²) in [4.78, 5) is 0. The number of rotatable bonds is 3. The Labute approximate surface area is 135 Å². The van der Waals surface area contributed by atoms with Crippen LogP contribution in [0.1, 0.15) is 84.0 Å². The van der Waals surface area contributed by atoms with Gasteiger partial charge in [0.2, 0.25) is 0 Å². The van der Waals surface area contributed by atoms with Crippen molar-refractivity contribution in [3.63, 3.8) is 0 Å². The molecule has 3 fully saturated rings. The summed E-state index contributed by atoms with van der Waals surface area (Å²) in [5.41, 5.74) is 0. The van der Waals surface area contributed by atoms with Crippen LogP contribution >= 0.6 is 0 Å². The van der Waals surface area contributed by atoms with Crippen LogP contribution in [0.3, 0.4) is 0 Å². The van der Waals surface area contributed by atoms with E-state index in [4.69, 9.17) is 0 Å². The van der Waals surface area contributed by atoms with Crippen LogP contribution in [0.25, 0.3) is 0 Å². The molecule has 128 valence electrons. The van der Waals surface area contributed by atoms with E-state index < -0.39 is 12.3 Å². The highest BCUT2D eigenvalue weighted by atomic mass is 19.2. The van der Waals surface area contributed by atoms with Crippen LogP contribution in [-0.4, -0.2) is 12.3 Å². The van der Waals surface area contributed by atoms with Crippen molar-refractivity contribution in [1.82, 2.24) is 0 Å². The monoisotopic (exact) mass is 312 g/mol. The maximum absolute atomic E-state index is 13.5. The molecule has 22 heavy (non-hydrogen) atoms. The topological polar surface area (TPSA) is 0 Å². The molecule has 3 saturated carbocycles. The van der Waals surface area contributed by atoms with Crippen molar-refractivity contribution in [3.05, 3.63) is 0 Å². The molecule has 0 aromatic carbocycles. The Morgan fingerprint density at radius 1 is 0.636 bits per heavy atom. The van der Waals surface area contributed by atoms with Gasteiger partial charge in [-0.15, -0.1) is 0 Å². The first-order chi connectivity index (χ1) is 10.6. The standard InChI is InChI=1S/C20H34F2/c1-14-2-7-17(8-3-14)18-9-4-15(5-10-18)12-16-6-11-19(21)20(22)13-16/h14-20H,2-13H2,1H3. The molecule has 0 aromatic rings. The van der Waals surface area contributed by atoms with Gasteiger partial charge in [0.15, 0.2) is 0 Å². The number of hydrogen-bond acceptors (Lipinski definition) is 0. The largest absolute Gasteiger partial charge is 0.244 e. The van der Waals surface area contributed by atoms with Gasteiger partial charge < -0.3 is 0 Å². The molecule has 3 aliphatic carbocycles. The molecule has 3 rings (SSSR count). The molecule has 0 N–H and O–H groups in total. The van der Waals surface area contributed by atoms with Gasteiger partial charge in [-0.25, -0.2) is 8.78 Å². The third kappa shape index (κ3) is 4.23. The van der Waals surface area contributed by atoms with Crippen LogP contribution in [0.2, 0.25) is 0 Å². The summed E-state index contributed by atoms with van der Waals surface area (Å²) in [5.74, 6) is 4.17. The number of halogens is 2. The van der Waals surface area contributed by atoms with Crippen molar-refractivity contribution in [2.45, 2.75) is 96.3 Å². The van der Waals surface area contributed by atoms with E-state index in [-0.39, 0.29) is 0 Å². The number of alkyl halides is 2. The van der Waals surface area contributed by atoms with E-state index in [0.29, 0.717) is 18.8 Å². The summed E-state index contributed by atoms with van der Waals surface area (Å²) in [6.45, 7) is 2.40. The summed E-state index contributed by atoms with van der Waals surface area (Å²) in [6, 6.07) is 0. The van der Waals surface area contributed by atoms with E-state index in [1.165, 1.54) is 57.8 Å². The summed E-state index contributed by atoms with van der Waals surface area (Å²) >= 11 is 0. The predicted molar refractivity (Wildman–Crippen MR) is 88.3 cm³/mol. The lowest BCUT2D eigenvalue weighted by atomic mass is 9.68. The Morgan fingerprint density at radius 3 is 1.77 bits per heavy atom. The van der Waals surface area contributed by atoms with Gasteiger partial charge in [0.25, 0.3) is 0 Å². The molecule has 0 bridgehead atoms. The third-order valence-electron chi connectivity index (χ3n) is 7.09. The molecule has 0 amide bonds. The molecule has 3 aliphatic rings. The van der Waals surface area contributed by atoms with Crippen molar-refractivity contribution in [3.8, 4) is 0 Å². The van der Waals surface area contributed by atoms with Gasteiger partial charge in [-0.1, -0.05) is 32.6 Å². The fourth-order valence-corrected chi connectivity index (χ4v) is 5.50. The van der Waals surface area contributed by atoms with Gasteiger partial charge in [-0.2, -0.15) is 0 Å². The minimum absolute atomic E-state index is 0.457. The third-order valence-corrected chi connectivity index (χ3v) is 7.09. The number of hydrogen-bond donors (Lipinski definition) is 0. The molecule has 3 atom stereocenters. The van der Waals surface area contributed by atoms with E-state index in [9.17, 15) is 8.78 Å². The first-order valence-corrected chi connectivity index (χ1v) is 9.90. The molecular weight excluding hydrogens is 278 g/mol. The van der Waals surface area contributed by atoms with Crippen molar-refractivity contribution in [1.29, 1.82) is 0 Å². The van der Waals surface area contributed by atoms with E-state index in [1.54, 1.807) is 0 Å². The second-order valence-electron chi connectivity index (χ2n) is 8.75. The molecule has 3 unspecified atom stereocenters. The van der Waals surface area contributed by atoms with Crippen LogP contribution in [0.5, 0.6) is 0 Å². The summed E-state index contributed by atoms with van der Waals surface area (Å²) < 4.78 is 26.8. The lowest BCUT2D eigenvalue weighted by Crippen LogP contribution is -2.30. The van der Waals surface area contributed by atoms with Crippen molar-refractivity contribution in [2.75, 3.05) is 0 Å². The highest BCUT2D eigenvalue weighted by molar-refractivity contribution is 4.85. The minimum Gasteiger partial charge on any atom is -0.244 e. The predicted octanol–water partition coefficient (Wildman–Crippen LogP) is 6.49. The van der Waals surface area contributed by atoms with Crippen molar-refractivity contribution >= 4 is 0 Å². The second kappa shape index (κ2) is 7.62. The Morgan fingerprint density at radius 2 is 1.18 bits per heavy atom. The fourth-order valence-electron chi connectivity index (χ4n) is 5.50. The highest BCUT2D eigenvalue weighted by Crippen LogP contribution is 2.43. The van der Waals surface area contributed by atoms with E-state index >= 15 is 0 Å². The zero-order valence-corrected chi connectivity index (χ0v) is 14.3. The van der Waals surface area contributed by atoms with E-state index in [0.717, 1.165) is 30.1 Å². The van der Waals surface area contributed by atoms with Gasteiger partial charge in [-0.3, -0.25) is 0 Å². The molecule has 2 heteroatoms. The SMILES string of the molecule is CC1CCC(C2CCC(CC3CCC(F)C(F)C3)CC2)CC1. The Bertz CT molecular complexity index is 327. The summed E-state index contributed by atoms with van der Waals surface area (Å²) in [5, 5.41) is 0. The van der Waals surface area contributed by atoms with E-state index in [2.05, 4.69) is 6.92 Å².